The van der Waals surface area contributed by atoms with E-state index in [4.69, 9.17) is 14.6 Å². The lowest BCUT2D eigenvalue weighted by molar-refractivity contribution is -0.139. The predicted molar refractivity (Wildman–Crippen MR) is 96.7 cm³/mol. The lowest BCUT2D eigenvalue weighted by atomic mass is 10.2. The molecule has 0 aliphatic carbocycles. The molecule has 1 N–H and O–H groups in total. The maximum absolute atomic E-state index is 12.7. The van der Waals surface area contributed by atoms with Crippen molar-refractivity contribution >= 4 is 23.5 Å². The number of benzene rings is 1. The van der Waals surface area contributed by atoms with Gasteiger partial charge in [0.25, 0.3) is 5.91 Å². The fourth-order valence-corrected chi connectivity index (χ4v) is 3.35. The quantitative estimate of drug-likeness (QED) is 0.734. The van der Waals surface area contributed by atoms with Gasteiger partial charge in [-0.1, -0.05) is 12.1 Å². The predicted octanol–water partition coefficient (Wildman–Crippen LogP) is 1.28. The van der Waals surface area contributed by atoms with Crippen LogP contribution in [0.25, 0.3) is 0 Å². The molecule has 3 rings (SSSR count). The molecule has 1 aromatic carbocycles. The molecule has 2 heterocycles. The van der Waals surface area contributed by atoms with Crippen molar-refractivity contribution in [2.24, 2.45) is 0 Å². The van der Waals surface area contributed by atoms with Crippen molar-refractivity contribution in [3.63, 3.8) is 0 Å². The highest BCUT2D eigenvalue weighted by molar-refractivity contribution is 5.98. The van der Waals surface area contributed by atoms with Gasteiger partial charge in [0.1, 0.15) is 5.75 Å². The summed E-state index contributed by atoms with van der Waals surface area (Å²) in [5.41, 5.74) is 0.651. The average Bonchev–Trinajstić information content (AvgIpc) is 3.17. The van der Waals surface area contributed by atoms with Crippen LogP contribution in [0, 0.1) is 0 Å². The molecule has 146 valence electrons. The Kier molecular flexibility index (Phi) is 6.28. The number of hydrogen-bond acceptors (Lipinski definition) is 5. The fourth-order valence-electron chi connectivity index (χ4n) is 3.35. The van der Waals surface area contributed by atoms with Crippen LogP contribution in [0.2, 0.25) is 0 Å². The van der Waals surface area contributed by atoms with E-state index < -0.39 is 5.97 Å². The maximum atomic E-state index is 12.7. The van der Waals surface area contributed by atoms with Crippen molar-refractivity contribution in [3.05, 3.63) is 24.3 Å². The van der Waals surface area contributed by atoms with E-state index in [9.17, 15) is 14.4 Å². The van der Waals surface area contributed by atoms with Gasteiger partial charge in [-0.15, -0.1) is 0 Å². The topological polar surface area (TPSA) is 96.4 Å². The van der Waals surface area contributed by atoms with Gasteiger partial charge in [0.05, 0.1) is 18.2 Å². The van der Waals surface area contributed by atoms with Gasteiger partial charge in [0.2, 0.25) is 5.91 Å². The highest BCUT2D eigenvalue weighted by Crippen LogP contribution is 2.31. The van der Waals surface area contributed by atoms with Crippen LogP contribution in [-0.4, -0.2) is 66.7 Å². The fraction of sp³-hybridized carbons (Fsp3) is 0.526. The van der Waals surface area contributed by atoms with Crippen molar-refractivity contribution in [1.82, 2.24) is 4.90 Å². The van der Waals surface area contributed by atoms with Crippen LogP contribution in [-0.2, 0) is 19.1 Å². The van der Waals surface area contributed by atoms with Crippen LogP contribution in [0.15, 0.2) is 24.3 Å². The molecule has 0 bridgehead atoms. The van der Waals surface area contributed by atoms with Gasteiger partial charge in [0, 0.05) is 32.7 Å². The molecule has 0 spiro atoms. The first-order valence-electron chi connectivity index (χ1n) is 9.18. The Morgan fingerprint density at radius 1 is 1.26 bits per heavy atom. The molecule has 1 atom stereocenters. The third-order valence-electron chi connectivity index (χ3n) is 4.75. The Balaban J connectivity index is 1.62. The van der Waals surface area contributed by atoms with Gasteiger partial charge in [-0.2, -0.15) is 0 Å². The minimum Gasteiger partial charge on any atom is -0.482 e. The van der Waals surface area contributed by atoms with Gasteiger partial charge in [0.15, 0.2) is 6.61 Å². The molecular formula is C19H24N2O6. The van der Waals surface area contributed by atoms with E-state index in [0.29, 0.717) is 24.6 Å². The van der Waals surface area contributed by atoms with Crippen LogP contribution in [0.3, 0.4) is 0 Å². The second-order valence-corrected chi connectivity index (χ2v) is 6.67. The number of carboxylic acid groups (broad SMARTS) is 1. The Bertz CT molecular complexity index is 701. The number of amides is 2. The number of carbonyl (C=O) groups is 3. The Morgan fingerprint density at radius 3 is 2.81 bits per heavy atom. The first-order valence-corrected chi connectivity index (χ1v) is 9.18. The largest absolute Gasteiger partial charge is 0.482 e. The first kappa shape index (κ1) is 19.2. The highest BCUT2D eigenvalue weighted by atomic mass is 16.5. The number of anilines is 1. The van der Waals surface area contributed by atoms with E-state index in [1.54, 1.807) is 21.9 Å². The summed E-state index contributed by atoms with van der Waals surface area (Å²) in [5, 5.41) is 8.95. The smallest absolute Gasteiger partial charge is 0.305 e. The van der Waals surface area contributed by atoms with Crippen molar-refractivity contribution in [1.29, 1.82) is 0 Å². The molecule has 0 saturated carbocycles. The van der Waals surface area contributed by atoms with E-state index in [1.165, 1.54) is 0 Å². The molecule has 27 heavy (non-hydrogen) atoms. The van der Waals surface area contributed by atoms with Crippen LogP contribution in [0.4, 0.5) is 5.69 Å². The summed E-state index contributed by atoms with van der Waals surface area (Å²) in [6.45, 7) is 1.38. The summed E-state index contributed by atoms with van der Waals surface area (Å²) in [5.74, 6) is -0.703. The number of hydrogen-bond donors (Lipinski definition) is 1. The zero-order valence-corrected chi connectivity index (χ0v) is 15.1. The van der Waals surface area contributed by atoms with E-state index in [2.05, 4.69) is 0 Å². The number of fused-ring (bicyclic) bond motifs is 1. The van der Waals surface area contributed by atoms with Crippen molar-refractivity contribution in [2.45, 2.75) is 31.8 Å². The lowest BCUT2D eigenvalue weighted by Crippen LogP contribution is -2.43. The van der Waals surface area contributed by atoms with Gasteiger partial charge in [-0.05, 0) is 25.0 Å². The second-order valence-electron chi connectivity index (χ2n) is 6.67. The maximum Gasteiger partial charge on any atom is 0.305 e. The molecule has 8 nitrogen and oxygen atoms in total. The Labute approximate surface area is 157 Å². The van der Waals surface area contributed by atoms with Crippen LogP contribution in [0.5, 0.6) is 5.75 Å². The lowest BCUT2D eigenvalue weighted by Gasteiger charge is -2.30. The number of aliphatic carboxylic acids is 1. The van der Waals surface area contributed by atoms with Crippen molar-refractivity contribution < 1.29 is 29.0 Å². The highest BCUT2D eigenvalue weighted by Gasteiger charge is 2.27. The summed E-state index contributed by atoms with van der Waals surface area (Å²) < 4.78 is 11.0. The zero-order valence-electron chi connectivity index (χ0n) is 15.1. The number of rotatable bonds is 8. The molecule has 1 aromatic rings. The molecule has 2 aliphatic heterocycles. The minimum absolute atomic E-state index is 0.0477. The minimum atomic E-state index is -0.947. The molecule has 1 fully saturated rings. The molecule has 2 aliphatic rings. The van der Waals surface area contributed by atoms with Gasteiger partial charge in [-0.25, -0.2) is 0 Å². The third-order valence-corrected chi connectivity index (χ3v) is 4.75. The number of ether oxygens (including phenoxy) is 2. The second kappa shape index (κ2) is 8.85. The molecule has 1 saturated heterocycles. The molecule has 0 radical (unpaired) electrons. The monoisotopic (exact) mass is 376 g/mol. The summed E-state index contributed by atoms with van der Waals surface area (Å²) in [7, 11) is 0. The van der Waals surface area contributed by atoms with Gasteiger partial charge < -0.3 is 24.4 Å². The summed E-state index contributed by atoms with van der Waals surface area (Å²) in [6, 6.07) is 7.21. The van der Waals surface area contributed by atoms with Crippen LogP contribution in [0.1, 0.15) is 25.7 Å². The van der Waals surface area contributed by atoms with Crippen molar-refractivity contribution in [3.8, 4) is 5.75 Å². The molecule has 0 aromatic heterocycles. The summed E-state index contributed by atoms with van der Waals surface area (Å²) >= 11 is 0. The number of para-hydroxylation sites is 2. The van der Waals surface area contributed by atoms with Gasteiger partial charge in [-0.3, -0.25) is 14.4 Å². The number of carboxylic acids is 1. The van der Waals surface area contributed by atoms with Crippen molar-refractivity contribution in [2.75, 3.05) is 37.7 Å². The van der Waals surface area contributed by atoms with E-state index in [-0.39, 0.29) is 50.5 Å². The van der Waals surface area contributed by atoms with Gasteiger partial charge >= 0.3 is 5.97 Å². The standard InChI is InChI=1S/C19H24N2O6/c22-17(20(9-8-19(24)25)12-14-4-3-11-26-14)7-10-21-15-5-1-2-6-16(15)27-13-18(21)23/h1-2,5-6,14H,3-4,7-13H2,(H,24,25)/t14-/m0/s1. The van der Waals surface area contributed by atoms with Crippen LogP contribution < -0.4 is 9.64 Å². The van der Waals surface area contributed by atoms with E-state index >= 15 is 0 Å². The molecule has 0 unspecified atom stereocenters. The summed E-state index contributed by atoms with van der Waals surface area (Å²) in [6.07, 6.45) is 1.77. The molecular weight excluding hydrogens is 352 g/mol. The normalized spacial score (nSPS) is 18.7. The Morgan fingerprint density at radius 2 is 2.07 bits per heavy atom. The van der Waals surface area contributed by atoms with E-state index in [0.717, 1.165) is 12.8 Å². The SMILES string of the molecule is O=C(O)CCN(C[C@@H]1CCCO1)C(=O)CCN1C(=O)COc2ccccc21. The zero-order chi connectivity index (χ0) is 19.2. The summed E-state index contributed by atoms with van der Waals surface area (Å²) in [4.78, 5) is 38.9. The third kappa shape index (κ3) is 4.97. The van der Waals surface area contributed by atoms with Crippen LogP contribution >= 0.6 is 0 Å². The Hall–Kier alpha value is -2.61. The average molecular weight is 376 g/mol. The molecule has 2 amide bonds. The van der Waals surface area contributed by atoms with E-state index in [1.807, 2.05) is 12.1 Å². The first-order chi connectivity index (χ1) is 13.0. The number of nitrogens with zero attached hydrogens (tertiary/aromatic N) is 2. The number of carbonyl (C=O) groups excluding carboxylic acids is 2. The molecule has 8 heteroatoms.